The van der Waals surface area contributed by atoms with Gasteiger partial charge in [0, 0.05) is 70.7 Å². The van der Waals surface area contributed by atoms with Crippen LogP contribution in [-0.2, 0) is 9.59 Å². The highest BCUT2D eigenvalue weighted by atomic mass is 16.3. The number of imide groups is 2. The van der Waals surface area contributed by atoms with E-state index in [0.29, 0.717) is 65.8 Å². The molecular weight excluding hydrogens is 741 g/mol. The molecule has 2 heterocycles. The van der Waals surface area contributed by atoms with Crippen molar-refractivity contribution in [2.45, 2.75) is 33.6 Å². The summed E-state index contributed by atoms with van der Waals surface area (Å²) in [6, 6.07) is 23.8. The van der Waals surface area contributed by atoms with Gasteiger partial charge in [-0.3, -0.25) is 33.8 Å². The summed E-state index contributed by atoms with van der Waals surface area (Å²) in [6.45, 7) is 6.50. The van der Waals surface area contributed by atoms with Crippen LogP contribution in [0.1, 0.15) is 81.4 Å². The Labute approximate surface area is 343 Å². The summed E-state index contributed by atoms with van der Waals surface area (Å²) in [7, 11) is 0. The van der Waals surface area contributed by atoms with E-state index in [1.165, 1.54) is 9.80 Å². The van der Waals surface area contributed by atoms with Gasteiger partial charge in [0.05, 0.1) is 12.5 Å². The number of likely N-dealkylation sites (N-methyl/N-ethyl adjacent to an activating group) is 2. The molecule has 59 heavy (non-hydrogen) atoms. The number of amides is 4. The molecule has 4 amide bonds. The Hall–Kier alpha value is -6.94. The molecule has 4 aromatic carbocycles. The van der Waals surface area contributed by atoms with Crippen molar-refractivity contribution < 1.29 is 33.7 Å². The first-order valence-corrected chi connectivity index (χ1v) is 19.8. The molecule has 0 bridgehead atoms. The number of anilines is 1. The zero-order valence-electron chi connectivity index (χ0n) is 32.2. The second-order valence-electron chi connectivity index (χ2n) is 14.9. The maximum atomic E-state index is 13.5. The Morgan fingerprint density at radius 2 is 1.37 bits per heavy atom. The second-order valence-corrected chi connectivity index (χ2v) is 14.9. The van der Waals surface area contributed by atoms with Gasteiger partial charge in [-0.15, -0.1) is 0 Å². The Balaban J connectivity index is 0.00000484. The highest BCUT2D eigenvalue weighted by Gasteiger charge is 2.41. The van der Waals surface area contributed by atoms with Gasteiger partial charge in [0.25, 0.3) is 17.7 Å². The van der Waals surface area contributed by atoms with E-state index in [0.717, 1.165) is 27.9 Å². The quantitative estimate of drug-likeness (QED) is 0.105. The monoisotopic (exact) mass is 784 g/mol. The number of hydrogen-bond donors (Lipinski definition) is 0. The first-order valence-electron chi connectivity index (χ1n) is 19.8. The minimum Gasteiger partial charge on any atom is -0.871 e. The van der Waals surface area contributed by atoms with E-state index in [9.17, 15) is 29.1 Å². The van der Waals surface area contributed by atoms with E-state index in [4.69, 9.17) is 0 Å². The normalized spacial score (nSPS) is 17.8. The van der Waals surface area contributed by atoms with Gasteiger partial charge in [-0.05, 0) is 90.4 Å². The number of hydrogen-bond acceptors (Lipinski definition) is 7. The van der Waals surface area contributed by atoms with Crippen molar-refractivity contribution in [3.8, 4) is 0 Å². The summed E-state index contributed by atoms with van der Waals surface area (Å²) in [6.07, 6.45) is 11.8. The van der Waals surface area contributed by atoms with Crippen molar-refractivity contribution in [1.82, 2.24) is 9.80 Å². The SMILES string of the molecule is C.CCN(CCN1C(=O)c2cccc3cccc(c23)C1=O)c1ccc(C2=C([O-])C(=C3C=CC(=[N+](CC)CCN4C(=O)c5cccc6c5C(CC=C6)C4=O)C=C3)C2=O)cc1. The van der Waals surface area contributed by atoms with E-state index in [-0.39, 0.29) is 72.8 Å². The summed E-state index contributed by atoms with van der Waals surface area (Å²) < 4.78 is 2.06. The van der Waals surface area contributed by atoms with Crippen LogP contribution < -0.4 is 10.0 Å². The van der Waals surface area contributed by atoms with E-state index in [1.54, 1.807) is 42.5 Å². The van der Waals surface area contributed by atoms with Crippen LogP contribution in [0.4, 0.5) is 5.69 Å². The Kier molecular flexibility index (Phi) is 10.2. The number of benzene rings is 4. The van der Waals surface area contributed by atoms with Crippen LogP contribution >= 0.6 is 0 Å². The predicted octanol–water partition coefficient (Wildman–Crippen LogP) is 6.33. The van der Waals surface area contributed by atoms with Crippen molar-refractivity contribution >= 4 is 63.2 Å². The lowest BCUT2D eigenvalue weighted by molar-refractivity contribution is -0.522. The van der Waals surface area contributed by atoms with Crippen LogP contribution in [0.25, 0.3) is 22.4 Å². The van der Waals surface area contributed by atoms with Gasteiger partial charge in [0.15, 0.2) is 18.0 Å². The smallest absolute Gasteiger partial charge is 0.261 e. The lowest BCUT2D eigenvalue weighted by atomic mass is 9.80. The molecule has 4 aromatic rings. The number of nitrogens with zero attached hydrogens (tertiary/aromatic N) is 4. The molecule has 5 aliphatic rings. The molecule has 3 aliphatic carbocycles. The minimum atomic E-state index is -0.351. The topological polar surface area (TPSA) is 121 Å². The first-order chi connectivity index (χ1) is 28.2. The number of rotatable bonds is 10. The zero-order chi connectivity index (χ0) is 40.2. The van der Waals surface area contributed by atoms with Crippen molar-refractivity contribution in [2.24, 2.45) is 0 Å². The standard InChI is InChI=1S/C48H40N4O6.CH4/c1-3-49(25-27-51-45(55)35-13-5-9-29-10-6-14-36(39(29)35)46(51)56)33-21-17-31(18-22-33)41-43(53)42(44(41)54)32-19-23-34(24-20-32)50(4-2)26-28-52-47(57)37-15-7-11-30-12-8-16-38(40(30)37)48(52)58;/h5-15,17-24,38H,3-4,16,25-28H2,1-2H3;1H4. The van der Waals surface area contributed by atoms with Crippen molar-refractivity contribution in [1.29, 1.82) is 0 Å². The number of carbonyl (C=O) groups excluding carboxylic acids is 5. The Morgan fingerprint density at radius 3 is 2.02 bits per heavy atom. The fraction of sp³-hybridized carbons (Fsp3) is 0.224. The third-order valence-corrected chi connectivity index (χ3v) is 12.0. The molecule has 9 rings (SSSR count). The van der Waals surface area contributed by atoms with Gasteiger partial charge in [0.1, 0.15) is 6.54 Å². The molecule has 0 fully saturated rings. The molecule has 10 nitrogen and oxygen atoms in total. The molecule has 10 heteroatoms. The van der Waals surface area contributed by atoms with Gasteiger partial charge in [-0.25, -0.2) is 4.58 Å². The molecule has 0 radical (unpaired) electrons. The maximum Gasteiger partial charge on any atom is 0.261 e. The van der Waals surface area contributed by atoms with Gasteiger partial charge < -0.3 is 10.0 Å². The highest BCUT2D eigenvalue weighted by molar-refractivity contribution is 6.39. The molecular formula is C49H44N4O6. The van der Waals surface area contributed by atoms with Crippen LogP contribution in [0.5, 0.6) is 0 Å². The Bertz CT molecular complexity index is 2630. The fourth-order valence-corrected chi connectivity index (χ4v) is 8.88. The fourth-order valence-electron chi connectivity index (χ4n) is 8.88. The maximum absolute atomic E-state index is 13.5. The third-order valence-electron chi connectivity index (χ3n) is 12.0. The molecule has 296 valence electrons. The van der Waals surface area contributed by atoms with Crippen molar-refractivity contribution in [2.75, 3.05) is 44.2 Å². The average Bonchev–Trinajstić information content (AvgIpc) is 3.25. The molecule has 0 spiro atoms. The van der Waals surface area contributed by atoms with Crippen LogP contribution in [0, 0.1) is 0 Å². The largest absolute Gasteiger partial charge is 0.871 e. The van der Waals surface area contributed by atoms with Gasteiger partial charge in [-0.1, -0.05) is 73.9 Å². The molecule has 0 aromatic heterocycles. The first kappa shape index (κ1) is 38.9. The van der Waals surface area contributed by atoms with Gasteiger partial charge in [0.2, 0.25) is 5.91 Å². The highest BCUT2D eigenvalue weighted by Crippen LogP contribution is 2.39. The van der Waals surface area contributed by atoms with Crippen LogP contribution in [0.15, 0.2) is 126 Å². The van der Waals surface area contributed by atoms with Crippen LogP contribution in [-0.4, -0.2) is 88.8 Å². The summed E-state index contributed by atoms with van der Waals surface area (Å²) in [5, 5.41) is 15.0. The lowest BCUT2D eigenvalue weighted by Crippen LogP contribution is -2.47. The number of carbonyl (C=O) groups is 5. The zero-order valence-corrected chi connectivity index (χ0v) is 32.2. The number of Topliss-reactive ketones (excluding diaryl/α,β-unsaturated/α-hetero) is 1. The summed E-state index contributed by atoms with van der Waals surface area (Å²) in [5.41, 5.74) is 6.43. The Morgan fingerprint density at radius 1 is 0.729 bits per heavy atom. The average molecular weight is 785 g/mol. The molecule has 0 saturated carbocycles. The predicted molar refractivity (Wildman–Crippen MR) is 227 cm³/mol. The van der Waals surface area contributed by atoms with Gasteiger partial charge >= 0.3 is 0 Å². The third kappa shape index (κ3) is 6.36. The molecule has 1 unspecified atom stereocenters. The van der Waals surface area contributed by atoms with E-state index >= 15 is 0 Å². The lowest BCUT2D eigenvalue weighted by Gasteiger charge is -2.34. The number of ketones is 1. The molecule has 1 atom stereocenters. The molecule has 0 N–H and O–H groups in total. The molecule has 0 saturated heterocycles. The van der Waals surface area contributed by atoms with Crippen molar-refractivity contribution in [3.63, 3.8) is 0 Å². The summed E-state index contributed by atoms with van der Waals surface area (Å²) >= 11 is 0. The number of allylic oxidation sites excluding steroid dienone is 8. The summed E-state index contributed by atoms with van der Waals surface area (Å²) in [5.74, 6) is -2.03. The van der Waals surface area contributed by atoms with E-state index in [1.807, 2.05) is 91.6 Å². The summed E-state index contributed by atoms with van der Waals surface area (Å²) in [4.78, 5) is 71.9. The van der Waals surface area contributed by atoms with Crippen LogP contribution in [0.2, 0.25) is 0 Å². The minimum absolute atomic E-state index is 0. The van der Waals surface area contributed by atoms with Gasteiger partial charge in [-0.2, -0.15) is 0 Å². The van der Waals surface area contributed by atoms with Crippen molar-refractivity contribution in [3.05, 3.63) is 160 Å². The van der Waals surface area contributed by atoms with E-state index in [2.05, 4.69) is 4.58 Å². The van der Waals surface area contributed by atoms with Crippen LogP contribution in [0.3, 0.4) is 0 Å². The second kappa shape index (κ2) is 15.4. The molecule has 2 aliphatic heterocycles. The van der Waals surface area contributed by atoms with E-state index < -0.39 is 0 Å².